The normalized spacial score (nSPS) is 12.3. The van der Waals surface area contributed by atoms with Crippen LogP contribution in [0.15, 0.2) is 59.0 Å². The van der Waals surface area contributed by atoms with Crippen molar-refractivity contribution >= 4 is 49.3 Å². The summed E-state index contributed by atoms with van der Waals surface area (Å²) in [6, 6.07) is 19.4. The van der Waals surface area contributed by atoms with Crippen molar-refractivity contribution in [2.75, 3.05) is 0 Å². The quantitative estimate of drug-likeness (QED) is 0.232. The van der Waals surface area contributed by atoms with Gasteiger partial charge in [-0.2, -0.15) is 0 Å². The van der Waals surface area contributed by atoms with Crippen LogP contribution in [0, 0.1) is 20.8 Å². The van der Waals surface area contributed by atoms with Gasteiger partial charge in [0.2, 0.25) is 5.71 Å². The molecule has 0 saturated heterocycles. The fourth-order valence-electron chi connectivity index (χ4n) is 4.47. The maximum absolute atomic E-state index is 6.13. The third-order valence-electron chi connectivity index (χ3n) is 5.93. The zero-order chi connectivity index (χ0) is 18.3. The van der Waals surface area contributed by atoms with Crippen LogP contribution in [0.25, 0.3) is 49.3 Å². The van der Waals surface area contributed by atoms with Gasteiger partial charge in [0, 0.05) is 16.3 Å². The number of pyridine rings is 1. The molecule has 0 amide bonds. The second-order valence-corrected chi connectivity index (χ2v) is 7.37. The lowest BCUT2D eigenvalue weighted by atomic mass is 9.95. The maximum atomic E-state index is 6.13. The van der Waals surface area contributed by atoms with Crippen molar-refractivity contribution < 1.29 is 4.42 Å². The van der Waals surface area contributed by atoms with Gasteiger partial charge in [0.1, 0.15) is 16.9 Å². The van der Waals surface area contributed by atoms with E-state index in [1.165, 1.54) is 32.5 Å². The Labute approximate surface area is 155 Å². The lowest BCUT2D eigenvalue weighted by molar-refractivity contribution is 0.562. The van der Waals surface area contributed by atoms with E-state index in [9.17, 15) is 0 Å². The highest BCUT2D eigenvalue weighted by Gasteiger charge is 2.20. The third-order valence-corrected chi connectivity index (χ3v) is 5.93. The predicted molar refractivity (Wildman–Crippen MR) is 112 cm³/mol. The molecule has 0 radical (unpaired) electrons. The number of fused-ring (bicyclic) bond motifs is 9. The van der Waals surface area contributed by atoms with E-state index in [2.05, 4.69) is 72.8 Å². The Balaban J connectivity index is 2.02. The smallest absolute Gasteiger partial charge is 0.232 e. The first-order chi connectivity index (χ1) is 13.1. The van der Waals surface area contributed by atoms with Gasteiger partial charge in [0.25, 0.3) is 0 Å². The lowest BCUT2D eigenvalue weighted by Crippen LogP contribution is -1.93. The largest absolute Gasteiger partial charge is 0.442 e. The van der Waals surface area contributed by atoms with E-state index in [4.69, 9.17) is 9.40 Å². The third kappa shape index (κ3) is 1.74. The highest BCUT2D eigenvalue weighted by atomic mass is 16.3. The van der Waals surface area contributed by atoms with Crippen LogP contribution in [0.3, 0.4) is 0 Å². The van der Waals surface area contributed by atoms with Gasteiger partial charge in [0.05, 0.1) is 5.52 Å². The summed E-state index contributed by atoms with van der Waals surface area (Å²) in [5.41, 5.74) is 6.31. The molecule has 6 rings (SSSR count). The molecule has 6 aromatic rings. The number of nitrogens with zero attached hydrogens (tertiary/aromatic N) is 2. The van der Waals surface area contributed by atoms with Crippen LogP contribution in [0.4, 0.5) is 0 Å². The first kappa shape index (κ1) is 14.8. The average Bonchev–Trinajstić information content (AvgIpc) is 3.19. The van der Waals surface area contributed by atoms with Gasteiger partial charge in [-0.3, -0.25) is 4.40 Å². The Morgan fingerprint density at radius 3 is 2.41 bits per heavy atom. The minimum atomic E-state index is 0.837. The van der Waals surface area contributed by atoms with Gasteiger partial charge in [-0.25, -0.2) is 4.98 Å². The monoisotopic (exact) mass is 350 g/mol. The van der Waals surface area contributed by atoms with E-state index in [0.29, 0.717) is 0 Å². The van der Waals surface area contributed by atoms with E-state index >= 15 is 0 Å². The summed E-state index contributed by atoms with van der Waals surface area (Å²) in [5, 5.41) is 6.22. The molecule has 0 atom stereocenters. The molecule has 3 aromatic heterocycles. The fraction of sp³-hybridized carbons (Fsp3) is 0.125. The Morgan fingerprint density at radius 1 is 0.815 bits per heavy atom. The summed E-state index contributed by atoms with van der Waals surface area (Å²) < 4.78 is 8.31. The van der Waals surface area contributed by atoms with Crippen LogP contribution < -0.4 is 0 Å². The van der Waals surface area contributed by atoms with Gasteiger partial charge in [-0.15, -0.1) is 0 Å². The summed E-state index contributed by atoms with van der Waals surface area (Å²) in [6.07, 6.45) is 0. The number of furan rings is 1. The standard InChI is InChI=1S/C24H18N2O/c1-13-15(3)27-24-22(13)25-23-19-12-16-8-4-5-9-17(16)14(2)21(19)18-10-6-7-11-20(18)26(23)24/h4-12H,1-3H3. The molecule has 0 aliphatic heterocycles. The number of para-hydroxylation sites is 1. The van der Waals surface area contributed by atoms with Crippen LogP contribution in [0.5, 0.6) is 0 Å². The number of benzene rings is 3. The predicted octanol–water partition coefficient (Wildman–Crippen LogP) is 6.47. The zero-order valence-electron chi connectivity index (χ0n) is 15.5. The van der Waals surface area contributed by atoms with E-state index in [-0.39, 0.29) is 0 Å². The van der Waals surface area contributed by atoms with Gasteiger partial charge >= 0.3 is 0 Å². The Morgan fingerprint density at radius 2 is 1.56 bits per heavy atom. The average molecular weight is 350 g/mol. The van der Waals surface area contributed by atoms with Gasteiger partial charge in [0.15, 0.2) is 0 Å². The van der Waals surface area contributed by atoms with Gasteiger partial charge in [-0.05, 0) is 54.6 Å². The number of imidazole rings is 1. The SMILES string of the molecule is Cc1oc2c(nc3c4cc5ccccc5c(C)c4c4ccccc4n32)c1C. The molecule has 0 aliphatic rings. The summed E-state index contributed by atoms with van der Waals surface area (Å²) >= 11 is 0. The van der Waals surface area contributed by atoms with Crippen molar-refractivity contribution in [1.29, 1.82) is 0 Å². The van der Waals surface area contributed by atoms with Crippen LogP contribution in [-0.4, -0.2) is 9.38 Å². The number of hydrogen-bond donors (Lipinski definition) is 0. The molecule has 3 heteroatoms. The minimum Gasteiger partial charge on any atom is -0.442 e. The van der Waals surface area contributed by atoms with Crippen molar-refractivity contribution in [2.45, 2.75) is 20.8 Å². The topological polar surface area (TPSA) is 30.4 Å². The van der Waals surface area contributed by atoms with Crippen LogP contribution in [-0.2, 0) is 0 Å². The second kappa shape index (κ2) is 4.89. The molecule has 3 aromatic carbocycles. The Hall–Kier alpha value is -3.33. The van der Waals surface area contributed by atoms with Gasteiger partial charge < -0.3 is 4.42 Å². The molecular formula is C24H18N2O. The summed E-state index contributed by atoms with van der Waals surface area (Å²) in [4.78, 5) is 5.03. The maximum Gasteiger partial charge on any atom is 0.232 e. The molecule has 0 spiro atoms. The number of aryl methyl sites for hydroxylation is 3. The molecule has 3 nitrogen and oxygen atoms in total. The summed E-state index contributed by atoms with van der Waals surface area (Å²) in [7, 11) is 0. The van der Waals surface area contributed by atoms with Crippen molar-refractivity contribution in [3.05, 3.63) is 71.5 Å². The molecule has 0 unspecified atom stereocenters. The minimum absolute atomic E-state index is 0.837. The fourth-order valence-corrected chi connectivity index (χ4v) is 4.47. The molecule has 0 saturated carbocycles. The lowest BCUT2D eigenvalue weighted by Gasteiger charge is -2.13. The second-order valence-electron chi connectivity index (χ2n) is 7.37. The molecule has 0 fully saturated rings. The van der Waals surface area contributed by atoms with Crippen LogP contribution in [0.1, 0.15) is 16.9 Å². The van der Waals surface area contributed by atoms with E-state index in [1.54, 1.807) is 0 Å². The summed E-state index contributed by atoms with van der Waals surface area (Å²) in [6.45, 7) is 6.30. The highest BCUT2D eigenvalue weighted by Crippen LogP contribution is 2.38. The zero-order valence-corrected chi connectivity index (χ0v) is 15.5. The number of hydrogen-bond acceptors (Lipinski definition) is 2. The molecule has 0 bridgehead atoms. The summed E-state index contributed by atoms with van der Waals surface area (Å²) in [5.74, 6) is 0.931. The van der Waals surface area contributed by atoms with Crippen molar-refractivity contribution in [3.63, 3.8) is 0 Å². The van der Waals surface area contributed by atoms with E-state index < -0.39 is 0 Å². The first-order valence-corrected chi connectivity index (χ1v) is 9.26. The number of aromatic nitrogens is 2. The van der Waals surface area contributed by atoms with Crippen molar-refractivity contribution in [3.8, 4) is 0 Å². The molecule has 130 valence electrons. The Kier molecular flexibility index (Phi) is 2.68. The Bertz CT molecular complexity index is 1550. The highest BCUT2D eigenvalue weighted by molar-refractivity contribution is 6.19. The molecular weight excluding hydrogens is 332 g/mol. The van der Waals surface area contributed by atoms with Crippen molar-refractivity contribution in [1.82, 2.24) is 9.38 Å². The van der Waals surface area contributed by atoms with E-state index in [0.717, 1.165) is 33.7 Å². The number of rotatable bonds is 0. The van der Waals surface area contributed by atoms with E-state index in [1.807, 2.05) is 6.92 Å². The molecule has 27 heavy (non-hydrogen) atoms. The van der Waals surface area contributed by atoms with Crippen LogP contribution in [0.2, 0.25) is 0 Å². The molecule has 0 N–H and O–H groups in total. The van der Waals surface area contributed by atoms with Gasteiger partial charge in [-0.1, -0.05) is 42.5 Å². The van der Waals surface area contributed by atoms with Crippen molar-refractivity contribution in [2.24, 2.45) is 0 Å². The molecule has 3 heterocycles. The first-order valence-electron chi connectivity index (χ1n) is 9.26. The molecule has 0 aliphatic carbocycles. The van der Waals surface area contributed by atoms with Crippen LogP contribution >= 0.6 is 0 Å².